The van der Waals surface area contributed by atoms with Crippen molar-refractivity contribution in [2.45, 2.75) is 32.2 Å². The molecule has 0 aliphatic heterocycles. The van der Waals surface area contributed by atoms with Crippen LogP contribution in [0, 0.1) is 5.82 Å². The minimum atomic E-state index is -1.21. The van der Waals surface area contributed by atoms with E-state index in [0.717, 1.165) is 0 Å². The molecule has 0 saturated heterocycles. The molecule has 0 saturated carbocycles. The number of Topliss-reactive ketones (excluding diaryl/α,β-unsaturated/α-hetero) is 1. The molecule has 0 fully saturated rings. The maximum atomic E-state index is 14.1. The van der Waals surface area contributed by atoms with E-state index in [1.807, 2.05) is 0 Å². The highest BCUT2D eigenvalue weighted by Gasteiger charge is 2.32. The van der Waals surface area contributed by atoms with Crippen LogP contribution in [-0.4, -0.2) is 22.6 Å². The highest BCUT2D eigenvalue weighted by atomic mass is 79.9. The van der Waals surface area contributed by atoms with Gasteiger partial charge in [-0.05, 0) is 32.0 Å². The third kappa shape index (κ3) is 5.26. The first-order valence-corrected chi connectivity index (χ1v) is 8.15. The van der Waals surface area contributed by atoms with Crippen molar-refractivity contribution in [3.05, 3.63) is 34.1 Å². The molecular formula is C14H17BrFNO4S. The standard InChI is InChI=1S/C14H17BrFNO4S/c1-3-21-13(19)7-10(18)8-14(2,17-22-20)11-6-9(15)4-5-12(11)16/h4-6,22H,3,7-8H2,1-2H3,(H,17,20). The summed E-state index contributed by atoms with van der Waals surface area (Å²) in [5, 5.41) is 0. The zero-order valence-electron chi connectivity index (χ0n) is 12.2. The maximum absolute atomic E-state index is 14.1. The van der Waals surface area contributed by atoms with Gasteiger partial charge < -0.3 is 4.74 Å². The van der Waals surface area contributed by atoms with Gasteiger partial charge in [0, 0.05) is 16.5 Å². The smallest absolute Gasteiger partial charge is 0.313 e. The normalized spacial score (nSPS) is 13.5. The van der Waals surface area contributed by atoms with Crippen molar-refractivity contribution in [2.75, 3.05) is 6.61 Å². The number of benzene rings is 1. The van der Waals surface area contributed by atoms with Gasteiger partial charge in [-0.25, -0.2) is 13.3 Å². The number of hydrogen-bond acceptors (Lipinski definition) is 4. The lowest BCUT2D eigenvalue weighted by Gasteiger charge is -2.28. The first-order valence-electron chi connectivity index (χ1n) is 6.54. The lowest BCUT2D eigenvalue weighted by Crippen LogP contribution is -2.40. The summed E-state index contributed by atoms with van der Waals surface area (Å²) < 4.78 is 32.9. The minimum Gasteiger partial charge on any atom is -0.466 e. The molecule has 0 aliphatic carbocycles. The molecule has 1 aromatic carbocycles. The van der Waals surface area contributed by atoms with E-state index in [9.17, 15) is 18.2 Å². The van der Waals surface area contributed by atoms with Crippen LogP contribution in [-0.2, 0) is 31.7 Å². The molecule has 0 aromatic heterocycles. The van der Waals surface area contributed by atoms with Crippen molar-refractivity contribution in [1.29, 1.82) is 0 Å². The number of hydrogen-bond donors (Lipinski definition) is 2. The fourth-order valence-corrected chi connectivity index (χ4v) is 2.81. The van der Waals surface area contributed by atoms with Gasteiger partial charge in [0.2, 0.25) is 0 Å². The molecule has 8 heteroatoms. The number of ether oxygens (including phenoxy) is 1. The zero-order chi connectivity index (χ0) is 16.8. The quantitative estimate of drug-likeness (QED) is 0.403. The molecule has 22 heavy (non-hydrogen) atoms. The fraction of sp³-hybridized carbons (Fsp3) is 0.429. The Hall–Kier alpha value is -1.12. The molecule has 1 rings (SSSR count). The van der Waals surface area contributed by atoms with Crippen molar-refractivity contribution >= 4 is 39.5 Å². The molecule has 1 unspecified atom stereocenters. The van der Waals surface area contributed by atoms with Crippen LogP contribution in [0.15, 0.2) is 22.7 Å². The molecule has 0 spiro atoms. The van der Waals surface area contributed by atoms with E-state index in [2.05, 4.69) is 20.7 Å². The van der Waals surface area contributed by atoms with Gasteiger partial charge in [0.25, 0.3) is 0 Å². The topological polar surface area (TPSA) is 72.5 Å². The Balaban J connectivity index is 3.00. The van der Waals surface area contributed by atoms with Gasteiger partial charge in [-0.15, -0.1) is 0 Å². The van der Waals surface area contributed by atoms with Gasteiger partial charge in [-0.2, -0.15) is 0 Å². The van der Waals surface area contributed by atoms with Gasteiger partial charge in [-0.3, -0.25) is 9.59 Å². The molecule has 1 aromatic rings. The van der Waals surface area contributed by atoms with Crippen molar-refractivity contribution in [3.63, 3.8) is 0 Å². The number of rotatable bonds is 8. The highest BCUT2D eigenvalue weighted by molar-refractivity contribution is 9.10. The summed E-state index contributed by atoms with van der Waals surface area (Å²) >= 11 is 2.79. The van der Waals surface area contributed by atoms with Crippen molar-refractivity contribution in [2.24, 2.45) is 0 Å². The molecule has 1 N–H and O–H groups in total. The van der Waals surface area contributed by atoms with Gasteiger partial charge in [0.05, 0.1) is 24.0 Å². The van der Waals surface area contributed by atoms with E-state index in [4.69, 9.17) is 4.74 Å². The predicted octanol–water partition coefficient (Wildman–Crippen LogP) is 2.17. The lowest BCUT2D eigenvalue weighted by atomic mass is 9.87. The van der Waals surface area contributed by atoms with Crippen LogP contribution >= 0.6 is 15.9 Å². The molecular weight excluding hydrogens is 377 g/mol. The molecule has 0 aliphatic rings. The number of nitrogens with one attached hydrogen (secondary N) is 1. The maximum Gasteiger partial charge on any atom is 0.313 e. The summed E-state index contributed by atoms with van der Waals surface area (Å²) in [6.45, 7) is 3.37. The third-order valence-corrected chi connectivity index (χ3v) is 4.09. The Morgan fingerprint density at radius 3 is 2.73 bits per heavy atom. The second-order valence-corrected chi connectivity index (χ2v) is 6.18. The van der Waals surface area contributed by atoms with Crippen LogP contribution in [0.25, 0.3) is 0 Å². The number of thiol groups is 1. The second-order valence-electron chi connectivity index (χ2n) is 4.86. The first-order chi connectivity index (χ1) is 10.3. The first kappa shape index (κ1) is 18.9. The summed E-state index contributed by atoms with van der Waals surface area (Å²) in [5.41, 5.74) is -1.02. The number of halogens is 2. The lowest BCUT2D eigenvalue weighted by molar-refractivity contribution is -0.145. The van der Waals surface area contributed by atoms with E-state index >= 15 is 0 Å². The highest BCUT2D eigenvalue weighted by Crippen LogP contribution is 2.30. The Morgan fingerprint density at radius 2 is 2.14 bits per heavy atom. The second kappa shape index (κ2) is 8.50. The van der Waals surface area contributed by atoms with Crippen LogP contribution in [0.5, 0.6) is 0 Å². The molecule has 0 radical (unpaired) electrons. The van der Waals surface area contributed by atoms with Crippen molar-refractivity contribution in [3.8, 4) is 0 Å². The largest absolute Gasteiger partial charge is 0.466 e. The summed E-state index contributed by atoms with van der Waals surface area (Å²) in [5.74, 6) is -1.61. The number of carbonyl (C=O) groups excluding carboxylic acids is 2. The van der Waals surface area contributed by atoms with Gasteiger partial charge in [0.15, 0.2) is 0 Å². The molecule has 1 atom stereocenters. The predicted molar refractivity (Wildman–Crippen MR) is 85.0 cm³/mol. The van der Waals surface area contributed by atoms with Gasteiger partial charge in [0.1, 0.15) is 18.0 Å². The summed E-state index contributed by atoms with van der Waals surface area (Å²) in [6.07, 6.45) is -0.606. The minimum absolute atomic E-state index is 0.182. The average molecular weight is 394 g/mol. The van der Waals surface area contributed by atoms with Crippen LogP contribution in [0.2, 0.25) is 0 Å². The monoisotopic (exact) mass is 393 g/mol. The van der Waals surface area contributed by atoms with E-state index in [-0.39, 0.29) is 18.6 Å². The summed E-state index contributed by atoms with van der Waals surface area (Å²) in [7, 11) is 0. The van der Waals surface area contributed by atoms with E-state index < -0.39 is 41.4 Å². The summed E-state index contributed by atoms with van der Waals surface area (Å²) in [6, 6.07) is 4.27. The summed E-state index contributed by atoms with van der Waals surface area (Å²) in [4.78, 5) is 23.4. The van der Waals surface area contributed by atoms with Crippen molar-refractivity contribution < 1.29 is 22.9 Å². The van der Waals surface area contributed by atoms with E-state index in [0.29, 0.717) is 4.47 Å². The average Bonchev–Trinajstić information content (AvgIpc) is 2.41. The Morgan fingerprint density at radius 1 is 1.45 bits per heavy atom. The molecule has 5 nitrogen and oxygen atoms in total. The van der Waals surface area contributed by atoms with Gasteiger partial charge in [-0.1, -0.05) is 15.9 Å². The molecule has 122 valence electrons. The van der Waals surface area contributed by atoms with E-state index in [1.165, 1.54) is 18.2 Å². The van der Waals surface area contributed by atoms with Crippen LogP contribution < -0.4 is 4.72 Å². The van der Waals surface area contributed by atoms with Crippen LogP contribution in [0.4, 0.5) is 4.39 Å². The Kier molecular flexibility index (Phi) is 7.31. The number of ketones is 1. The van der Waals surface area contributed by atoms with Crippen LogP contribution in [0.1, 0.15) is 32.3 Å². The fourth-order valence-electron chi connectivity index (χ4n) is 2.05. The third-order valence-electron chi connectivity index (χ3n) is 3.01. The van der Waals surface area contributed by atoms with E-state index in [1.54, 1.807) is 13.8 Å². The number of carbonyl (C=O) groups is 2. The SMILES string of the molecule is CCOC(=O)CC(=O)CC(C)(N[SH]=O)c1cc(Br)ccc1F. The number of esters is 1. The molecule has 0 bridgehead atoms. The Labute approximate surface area is 140 Å². The molecule has 0 amide bonds. The Bertz CT molecular complexity index is 584. The zero-order valence-corrected chi connectivity index (χ0v) is 14.7. The van der Waals surface area contributed by atoms with Gasteiger partial charge >= 0.3 is 5.97 Å². The van der Waals surface area contributed by atoms with Crippen LogP contribution in [0.3, 0.4) is 0 Å². The molecule has 0 heterocycles. The van der Waals surface area contributed by atoms with Crippen molar-refractivity contribution in [1.82, 2.24) is 4.72 Å².